The number of rotatable bonds is 6. The molecule has 0 aliphatic carbocycles. The van der Waals surface area contributed by atoms with E-state index in [1.165, 1.54) is 29.2 Å². The molecule has 0 radical (unpaired) electrons. The Balaban J connectivity index is 1.44. The van der Waals surface area contributed by atoms with Crippen molar-refractivity contribution in [3.63, 3.8) is 0 Å². The number of imide groups is 1. The fourth-order valence-electron chi connectivity index (χ4n) is 2.65. The van der Waals surface area contributed by atoms with Crippen molar-refractivity contribution in [2.24, 2.45) is 0 Å². The van der Waals surface area contributed by atoms with Crippen LogP contribution < -0.4 is 5.32 Å². The summed E-state index contributed by atoms with van der Waals surface area (Å²) in [5.41, 5.74) is 1.37. The number of nitro benzene ring substituents is 1. The van der Waals surface area contributed by atoms with E-state index in [4.69, 9.17) is 17.0 Å². The minimum absolute atomic E-state index is 0.0201. The third kappa shape index (κ3) is 4.09. The van der Waals surface area contributed by atoms with Gasteiger partial charge in [0.05, 0.1) is 22.7 Å². The highest BCUT2D eigenvalue weighted by molar-refractivity contribution is 7.80. The number of ether oxygens (including phenoxy) is 1. The first-order valence-electron chi connectivity index (χ1n) is 8.11. The van der Waals surface area contributed by atoms with Crippen LogP contribution >= 0.6 is 12.2 Å². The summed E-state index contributed by atoms with van der Waals surface area (Å²) in [4.78, 5) is 35.8. The maximum Gasteiger partial charge on any atom is 0.269 e. The van der Waals surface area contributed by atoms with E-state index in [1.54, 1.807) is 24.3 Å². The van der Waals surface area contributed by atoms with Gasteiger partial charge >= 0.3 is 0 Å². The van der Waals surface area contributed by atoms with Crippen molar-refractivity contribution in [2.45, 2.75) is 6.42 Å². The molecule has 8 nitrogen and oxygen atoms in total. The second-order valence-corrected chi connectivity index (χ2v) is 6.10. The van der Waals surface area contributed by atoms with Gasteiger partial charge in [-0.1, -0.05) is 12.1 Å². The van der Waals surface area contributed by atoms with Gasteiger partial charge in [0.15, 0.2) is 0 Å². The number of nitrogens with zero attached hydrogens (tertiary/aromatic N) is 2. The molecule has 0 saturated carbocycles. The second-order valence-electron chi connectivity index (χ2n) is 5.73. The fourth-order valence-corrected chi connectivity index (χ4v) is 2.85. The first-order chi connectivity index (χ1) is 13.0. The highest BCUT2D eigenvalue weighted by Crippen LogP contribution is 2.22. The van der Waals surface area contributed by atoms with Crippen LogP contribution in [0.2, 0.25) is 0 Å². The number of hydrogen-bond donors (Lipinski definition) is 1. The number of anilines is 1. The summed E-state index contributed by atoms with van der Waals surface area (Å²) in [6.45, 7) is 0.443. The van der Waals surface area contributed by atoms with E-state index in [1.807, 2.05) is 0 Å². The fraction of sp³-hybridized carbons (Fsp3) is 0.167. The van der Waals surface area contributed by atoms with Gasteiger partial charge in [0.1, 0.15) is 0 Å². The number of nitro groups is 1. The Morgan fingerprint density at radius 2 is 1.67 bits per heavy atom. The molecule has 1 aliphatic rings. The molecule has 9 heteroatoms. The van der Waals surface area contributed by atoms with Crippen LogP contribution in [0.25, 0.3) is 0 Å². The van der Waals surface area contributed by atoms with E-state index in [9.17, 15) is 19.7 Å². The Hall–Kier alpha value is -3.33. The van der Waals surface area contributed by atoms with Crippen LogP contribution in [0, 0.1) is 10.1 Å². The molecular weight excluding hydrogens is 370 g/mol. The minimum atomic E-state index is -0.488. The van der Waals surface area contributed by atoms with Gasteiger partial charge in [-0.15, -0.1) is 0 Å². The molecule has 1 heterocycles. The molecule has 0 unspecified atom stereocenters. The topological polar surface area (TPSA) is 102 Å². The van der Waals surface area contributed by atoms with Gasteiger partial charge in [0.25, 0.3) is 22.7 Å². The molecule has 0 bridgehead atoms. The van der Waals surface area contributed by atoms with Gasteiger partial charge in [-0.25, -0.2) is 0 Å². The molecule has 3 rings (SSSR count). The third-order valence-electron chi connectivity index (χ3n) is 3.96. The average Bonchev–Trinajstić information content (AvgIpc) is 2.90. The number of thiocarbonyl (C=S) groups is 1. The van der Waals surface area contributed by atoms with E-state index < -0.39 is 4.92 Å². The molecule has 2 aromatic rings. The van der Waals surface area contributed by atoms with Crippen molar-refractivity contribution >= 4 is 40.6 Å². The highest BCUT2D eigenvalue weighted by atomic mass is 32.1. The number of hydrogen-bond acceptors (Lipinski definition) is 6. The summed E-state index contributed by atoms with van der Waals surface area (Å²) in [6, 6.07) is 12.5. The molecule has 2 aromatic carbocycles. The third-order valence-corrected chi connectivity index (χ3v) is 4.18. The van der Waals surface area contributed by atoms with Crippen LogP contribution in [0.4, 0.5) is 11.4 Å². The molecular formula is C18H15N3O5S. The van der Waals surface area contributed by atoms with Crippen molar-refractivity contribution in [1.29, 1.82) is 0 Å². The number of amides is 2. The largest absolute Gasteiger partial charge is 0.471 e. The van der Waals surface area contributed by atoms with Gasteiger partial charge in [0, 0.05) is 24.4 Å². The van der Waals surface area contributed by atoms with Crippen molar-refractivity contribution in [2.75, 3.05) is 18.5 Å². The summed E-state index contributed by atoms with van der Waals surface area (Å²) >= 11 is 5.06. The van der Waals surface area contributed by atoms with Gasteiger partial charge in [0.2, 0.25) is 0 Å². The number of non-ortho nitro benzene ring substituents is 1. The van der Waals surface area contributed by atoms with Crippen LogP contribution in [0.3, 0.4) is 0 Å². The zero-order valence-electron chi connectivity index (χ0n) is 14.1. The number of carbonyl (C=O) groups excluding carboxylic acids is 2. The van der Waals surface area contributed by atoms with Gasteiger partial charge in [-0.3, -0.25) is 24.6 Å². The van der Waals surface area contributed by atoms with Gasteiger partial charge in [-0.2, -0.15) is 0 Å². The van der Waals surface area contributed by atoms with E-state index in [0.717, 1.165) is 0 Å². The van der Waals surface area contributed by atoms with Crippen LogP contribution in [0.5, 0.6) is 0 Å². The predicted molar refractivity (Wildman–Crippen MR) is 102 cm³/mol. The highest BCUT2D eigenvalue weighted by Gasteiger charge is 2.34. The molecule has 0 saturated heterocycles. The summed E-state index contributed by atoms with van der Waals surface area (Å²) in [5, 5.41) is 13.5. The van der Waals surface area contributed by atoms with Crippen molar-refractivity contribution in [1.82, 2.24) is 4.90 Å². The molecule has 0 aromatic heterocycles. The Kier molecular flexibility index (Phi) is 5.41. The average molecular weight is 385 g/mol. The molecule has 1 N–H and O–H groups in total. The first kappa shape index (κ1) is 18.5. The number of benzene rings is 2. The molecule has 0 atom stereocenters. The van der Waals surface area contributed by atoms with Gasteiger partial charge < -0.3 is 10.1 Å². The maximum absolute atomic E-state index is 12.2. The zero-order valence-corrected chi connectivity index (χ0v) is 14.9. The molecule has 0 spiro atoms. The van der Waals surface area contributed by atoms with Crippen LogP contribution in [-0.2, 0) is 4.74 Å². The predicted octanol–water partition coefficient (Wildman–Crippen LogP) is 2.99. The maximum atomic E-state index is 12.2. The second kappa shape index (κ2) is 7.92. The Morgan fingerprint density at radius 1 is 1.07 bits per heavy atom. The monoisotopic (exact) mass is 385 g/mol. The van der Waals surface area contributed by atoms with Crippen LogP contribution in [0.15, 0.2) is 48.5 Å². The van der Waals surface area contributed by atoms with E-state index in [2.05, 4.69) is 5.32 Å². The van der Waals surface area contributed by atoms with E-state index in [0.29, 0.717) is 23.2 Å². The van der Waals surface area contributed by atoms with E-state index >= 15 is 0 Å². The first-order valence-corrected chi connectivity index (χ1v) is 8.51. The van der Waals surface area contributed by atoms with Crippen molar-refractivity contribution in [3.8, 4) is 0 Å². The Bertz CT molecular complexity index is 878. The molecule has 27 heavy (non-hydrogen) atoms. The lowest BCUT2D eigenvalue weighted by Crippen LogP contribution is -2.31. The van der Waals surface area contributed by atoms with E-state index in [-0.39, 0.29) is 35.8 Å². The van der Waals surface area contributed by atoms with Gasteiger partial charge in [-0.05, 0) is 42.9 Å². The number of nitrogens with one attached hydrogen (secondary N) is 1. The van der Waals surface area contributed by atoms with Crippen LogP contribution in [-0.4, -0.2) is 40.0 Å². The Labute approximate surface area is 159 Å². The smallest absolute Gasteiger partial charge is 0.269 e. The summed E-state index contributed by atoms with van der Waals surface area (Å²) < 4.78 is 5.37. The normalized spacial score (nSPS) is 12.7. The van der Waals surface area contributed by atoms with Crippen molar-refractivity contribution in [3.05, 3.63) is 69.8 Å². The molecule has 2 amide bonds. The lowest BCUT2D eigenvalue weighted by molar-refractivity contribution is -0.384. The standard InChI is InChI=1S/C18H15N3O5S/c22-16-14-4-1-2-5-15(14)17(23)20(16)10-3-11-26-18(27)19-12-6-8-13(9-7-12)21(24)25/h1-2,4-9H,3,10-11H2,(H,19,27). The summed E-state index contributed by atoms with van der Waals surface area (Å²) in [7, 11) is 0. The minimum Gasteiger partial charge on any atom is -0.471 e. The molecule has 138 valence electrons. The summed E-state index contributed by atoms with van der Waals surface area (Å²) in [5.74, 6) is -0.607. The SMILES string of the molecule is O=C1c2ccccc2C(=O)N1CCCOC(=S)Nc1ccc([N+](=O)[O-])cc1. The number of fused-ring (bicyclic) bond motifs is 1. The molecule has 1 aliphatic heterocycles. The summed E-state index contributed by atoms with van der Waals surface area (Å²) in [6.07, 6.45) is 0.424. The van der Waals surface area contributed by atoms with Crippen LogP contribution in [0.1, 0.15) is 27.1 Å². The number of carbonyl (C=O) groups is 2. The lowest BCUT2D eigenvalue weighted by atomic mass is 10.1. The zero-order chi connectivity index (χ0) is 19.4. The molecule has 0 fully saturated rings. The quantitative estimate of drug-likeness (QED) is 0.268. The lowest BCUT2D eigenvalue weighted by Gasteiger charge is -2.14. The van der Waals surface area contributed by atoms with Crippen molar-refractivity contribution < 1.29 is 19.2 Å². The Morgan fingerprint density at radius 3 is 2.22 bits per heavy atom.